The van der Waals surface area contributed by atoms with E-state index in [1.54, 1.807) is 25.3 Å². The number of ether oxygens (including phenoxy) is 1. The molecule has 1 aromatic carbocycles. The van der Waals surface area contributed by atoms with E-state index in [1.807, 2.05) is 0 Å². The van der Waals surface area contributed by atoms with Crippen LogP contribution in [0.5, 0.6) is 0 Å². The minimum Gasteiger partial charge on any atom is -0.364 e. The van der Waals surface area contributed by atoms with Crippen molar-refractivity contribution in [1.82, 2.24) is 19.5 Å². The first-order valence-corrected chi connectivity index (χ1v) is 14.2. The SMILES string of the molecule is CCOP(=O)(OCC)C(Nc1ncnc2c1ncn2CC(C)OCP(=O)(O)O)c1ccc(F)cc1. The standard InChI is InChI=1S/C20H28FN5O7P2/c1-4-32-35(30,33-5-2)20(15-6-8-16(21)9-7-15)25-18-17-19(23-11-22-18)26(12-24-17)10-14(3)31-13-34(27,28)29/h6-9,11-12,14,20H,4-5,10,13H2,1-3H3,(H,22,23,25)(H2,27,28,29). The number of hydrogen-bond acceptors (Lipinski definition) is 9. The number of benzene rings is 1. The highest BCUT2D eigenvalue weighted by molar-refractivity contribution is 7.54. The number of hydrogen-bond donors (Lipinski definition) is 3. The molecule has 3 rings (SSSR count). The Balaban J connectivity index is 1.94. The first-order chi connectivity index (χ1) is 16.6. The molecule has 2 heterocycles. The molecule has 0 aliphatic heterocycles. The zero-order valence-corrected chi connectivity index (χ0v) is 21.2. The Morgan fingerprint density at radius 1 is 1.09 bits per heavy atom. The lowest BCUT2D eigenvalue weighted by atomic mass is 10.2. The summed E-state index contributed by atoms with van der Waals surface area (Å²) in [5.74, 6) is -1.23. The second-order valence-electron chi connectivity index (χ2n) is 7.54. The fourth-order valence-electron chi connectivity index (χ4n) is 3.34. The van der Waals surface area contributed by atoms with Crippen LogP contribution >= 0.6 is 15.2 Å². The Kier molecular flexibility index (Phi) is 9.11. The predicted octanol–water partition coefficient (Wildman–Crippen LogP) is 3.88. The molecule has 0 aliphatic rings. The smallest absolute Gasteiger partial charge is 0.357 e. The van der Waals surface area contributed by atoms with E-state index in [-0.39, 0.29) is 25.6 Å². The highest BCUT2D eigenvalue weighted by Crippen LogP contribution is 2.60. The van der Waals surface area contributed by atoms with Crippen LogP contribution in [0.3, 0.4) is 0 Å². The number of nitrogens with zero attached hydrogens (tertiary/aromatic N) is 4. The van der Waals surface area contributed by atoms with Gasteiger partial charge in [0.15, 0.2) is 17.2 Å². The molecule has 15 heteroatoms. The van der Waals surface area contributed by atoms with Crippen molar-refractivity contribution in [2.24, 2.45) is 0 Å². The van der Waals surface area contributed by atoms with Crippen LogP contribution in [0.15, 0.2) is 36.9 Å². The summed E-state index contributed by atoms with van der Waals surface area (Å²) in [6, 6.07) is 5.45. The van der Waals surface area contributed by atoms with Gasteiger partial charge < -0.3 is 33.5 Å². The van der Waals surface area contributed by atoms with Crippen LogP contribution in [0.4, 0.5) is 10.2 Å². The molecule has 0 saturated carbocycles. The van der Waals surface area contributed by atoms with E-state index >= 15 is 0 Å². The first kappa shape index (κ1) is 27.3. The summed E-state index contributed by atoms with van der Waals surface area (Å²) in [7, 11) is -8.07. The van der Waals surface area contributed by atoms with Crippen LogP contribution in [0.1, 0.15) is 32.1 Å². The van der Waals surface area contributed by atoms with Crippen LogP contribution in [0.2, 0.25) is 0 Å². The number of imidazole rings is 1. The number of anilines is 1. The van der Waals surface area contributed by atoms with E-state index < -0.39 is 39.2 Å². The van der Waals surface area contributed by atoms with Crippen molar-refractivity contribution >= 4 is 32.2 Å². The van der Waals surface area contributed by atoms with Gasteiger partial charge in [-0.05, 0) is 38.5 Å². The number of fused-ring (bicyclic) bond motifs is 1. The van der Waals surface area contributed by atoms with Crippen molar-refractivity contribution in [3.63, 3.8) is 0 Å². The molecule has 0 bridgehead atoms. The Bertz CT molecular complexity index is 1210. The summed E-state index contributed by atoms with van der Waals surface area (Å²) in [6.07, 6.45) is 1.53. The van der Waals surface area contributed by atoms with Gasteiger partial charge in [0.25, 0.3) is 0 Å². The monoisotopic (exact) mass is 531 g/mol. The third-order valence-corrected chi connectivity index (χ3v) is 7.56. The fourth-order valence-corrected chi connectivity index (χ4v) is 5.70. The molecule has 0 saturated heterocycles. The van der Waals surface area contributed by atoms with E-state index in [0.29, 0.717) is 16.7 Å². The van der Waals surface area contributed by atoms with E-state index in [1.165, 1.54) is 36.9 Å². The fraction of sp³-hybridized carbons (Fsp3) is 0.450. The minimum absolute atomic E-state index is 0.122. The largest absolute Gasteiger partial charge is 0.364 e. The number of aromatic nitrogens is 4. The lowest BCUT2D eigenvalue weighted by Crippen LogP contribution is -2.18. The maximum Gasteiger partial charge on any atom is 0.357 e. The van der Waals surface area contributed by atoms with Gasteiger partial charge in [0.1, 0.15) is 24.0 Å². The van der Waals surface area contributed by atoms with Crippen LogP contribution in [0.25, 0.3) is 11.2 Å². The Hall–Kier alpha value is -2.24. The van der Waals surface area contributed by atoms with Gasteiger partial charge >= 0.3 is 15.2 Å². The number of rotatable bonds is 13. The summed E-state index contributed by atoms with van der Waals surface area (Å²) in [6.45, 7) is 5.49. The molecule has 0 amide bonds. The van der Waals surface area contributed by atoms with Gasteiger partial charge in [0, 0.05) is 0 Å². The molecule has 192 valence electrons. The molecule has 0 fully saturated rings. The van der Waals surface area contributed by atoms with Crippen LogP contribution in [0, 0.1) is 5.82 Å². The van der Waals surface area contributed by atoms with Gasteiger partial charge in [-0.3, -0.25) is 9.13 Å². The zero-order valence-electron chi connectivity index (χ0n) is 19.4. The van der Waals surface area contributed by atoms with Gasteiger partial charge in [-0.1, -0.05) is 12.1 Å². The second kappa shape index (κ2) is 11.7. The molecule has 0 radical (unpaired) electrons. The molecular formula is C20H28FN5O7P2. The minimum atomic E-state index is -4.30. The van der Waals surface area contributed by atoms with Crippen LogP contribution in [-0.2, 0) is 29.5 Å². The highest BCUT2D eigenvalue weighted by atomic mass is 31.2. The lowest BCUT2D eigenvalue weighted by molar-refractivity contribution is 0.0764. The average Bonchev–Trinajstić information content (AvgIpc) is 3.20. The summed E-state index contributed by atoms with van der Waals surface area (Å²) < 4.78 is 56.3. The molecule has 2 aromatic heterocycles. The van der Waals surface area contributed by atoms with E-state index in [4.69, 9.17) is 23.6 Å². The van der Waals surface area contributed by atoms with Crippen molar-refractivity contribution in [3.8, 4) is 0 Å². The lowest BCUT2D eigenvalue weighted by Gasteiger charge is -2.27. The summed E-state index contributed by atoms with van der Waals surface area (Å²) in [4.78, 5) is 30.9. The molecule has 2 atom stereocenters. The molecule has 2 unspecified atom stereocenters. The number of halogens is 1. The Labute approximate surface area is 201 Å². The maximum absolute atomic E-state index is 13.7. The predicted molar refractivity (Wildman–Crippen MR) is 126 cm³/mol. The van der Waals surface area contributed by atoms with Crippen LogP contribution < -0.4 is 5.32 Å². The van der Waals surface area contributed by atoms with Gasteiger partial charge in [0.2, 0.25) is 0 Å². The summed E-state index contributed by atoms with van der Waals surface area (Å²) >= 11 is 0. The molecule has 3 N–H and O–H groups in total. The number of nitrogens with one attached hydrogen (secondary N) is 1. The topological polar surface area (TPSA) is 158 Å². The quantitative estimate of drug-likeness (QED) is 0.275. The van der Waals surface area contributed by atoms with Gasteiger partial charge in [-0.15, -0.1) is 0 Å². The van der Waals surface area contributed by atoms with Crippen molar-refractivity contribution in [2.45, 2.75) is 39.2 Å². The molecule has 0 aliphatic carbocycles. The molecule has 0 spiro atoms. The average molecular weight is 531 g/mol. The molecule has 3 aromatic rings. The van der Waals surface area contributed by atoms with Crippen LogP contribution in [-0.4, -0.2) is 55.0 Å². The Morgan fingerprint density at radius 2 is 1.74 bits per heavy atom. The summed E-state index contributed by atoms with van der Waals surface area (Å²) in [5, 5.41) is 3.08. The highest BCUT2D eigenvalue weighted by Gasteiger charge is 2.38. The summed E-state index contributed by atoms with van der Waals surface area (Å²) in [5.41, 5.74) is 1.22. The van der Waals surface area contributed by atoms with E-state index in [0.717, 1.165) is 0 Å². The normalized spacial score (nSPS) is 14.2. The first-order valence-electron chi connectivity index (χ1n) is 10.8. The zero-order chi connectivity index (χ0) is 25.6. The van der Waals surface area contributed by atoms with Crippen molar-refractivity contribution in [3.05, 3.63) is 48.3 Å². The molecular weight excluding hydrogens is 503 g/mol. The van der Waals surface area contributed by atoms with Crippen molar-refractivity contribution in [1.29, 1.82) is 0 Å². The third-order valence-electron chi connectivity index (χ3n) is 4.78. The van der Waals surface area contributed by atoms with Gasteiger partial charge in [-0.2, -0.15) is 0 Å². The molecule has 12 nitrogen and oxygen atoms in total. The van der Waals surface area contributed by atoms with E-state index in [2.05, 4.69) is 20.3 Å². The second-order valence-corrected chi connectivity index (χ2v) is 11.2. The third kappa shape index (κ3) is 7.14. The van der Waals surface area contributed by atoms with Crippen molar-refractivity contribution < 1.29 is 37.1 Å². The van der Waals surface area contributed by atoms with E-state index in [9.17, 15) is 13.5 Å². The van der Waals surface area contributed by atoms with Gasteiger partial charge in [0.05, 0.1) is 32.2 Å². The maximum atomic E-state index is 13.7. The van der Waals surface area contributed by atoms with Crippen molar-refractivity contribution in [2.75, 3.05) is 24.9 Å². The Morgan fingerprint density at radius 3 is 2.34 bits per heavy atom. The molecule has 35 heavy (non-hydrogen) atoms. The van der Waals surface area contributed by atoms with Gasteiger partial charge in [-0.25, -0.2) is 19.3 Å².